The highest BCUT2D eigenvalue weighted by Gasteiger charge is 2.39. The van der Waals surface area contributed by atoms with Gasteiger partial charge in [-0.25, -0.2) is 9.97 Å². The molecule has 2 aromatic carbocycles. The monoisotopic (exact) mass is 493 g/mol. The van der Waals surface area contributed by atoms with Gasteiger partial charge in [0, 0.05) is 50.0 Å². The van der Waals surface area contributed by atoms with Gasteiger partial charge in [0.15, 0.2) is 0 Å². The Morgan fingerprint density at radius 2 is 2.00 bits per heavy atom. The lowest BCUT2D eigenvalue weighted by molar-refractivity contribution is 0.145. The first-order valence-corrected chi connectivity index (χ1v) is 11.6. The zero-order valence-electron chi connectivity index (χ0n) is 20.3. The Hall–Kier alpha value is -3.38. The zero-order valence-corrected chi connectivity index (χ0v) is 21.0. The smallest absolute Gasteiger partial charge is 0.227 e. The third-order valence-electron chi connectivity index (χ3n) is 6.00. The van der Waals surface area contributed by atoms with E-state index in [0.29, 0.717) is 53.5 Å². The molecule has 1 N–H and O–H groups in total. The molecule has 1 aliphatic rings. The molecular formula is C26H28ClN5O3. The van der Waals surface area contributed by atoms with E-state index < -0.39 is 0 Å². The number of methoxy groups -OCH3 is 2. The molecule has 0 saturated carbocycles. The maximum absolute atomic E-state index is 9.90. The lowest BCUT2D eigenvalue weighted by atomic mass is 9.83. The molecule has 1 unspecified atom stereocenters. The molecule has 1 atom stereocenters. The highest BCUT2D eigenvalue weighted by molar-refractivity contribution is 6.31. The van der Waals surface area contributed by atoms with Gasteiger partial charge in [0.05, 0.1) is 35.8 Å². The van der Waals surface area contributed by atoms with Crippen molar-refractivity contribution in [1.29, 1.82) is 5.26 Å². The van der Waals surface area contributed by atoms with Crippen LogP contribution in [-0.4, -0.2) is 57.6 Å². The maximum atomic E-state index is 9.90. The van der Waals surface area contributed by atoms with E-state index in [1.165, 1.54) is 0 Å². The topological polar surface area (TPSA) is 92.5 Å². The number of aromatic nitrogens is 2. The van der Waals surface area contributed by atoms with Gasteiger partial charge >= 0.3 is 0 Å². The standard InChI is InChI=1S/C26H28ClN5O3/c1-26(16-34-4)15-32(2)24-18(14-28)11-17(12-20(24)26)21-7-8-29-25(30-21)31-22-13-19(27)5-6-23(22)35-10-9-33-3/h5-8,11-13H,9-10,15-16H2,1-4H3,(H,29,30,31). The number of nitriles is 1. The van der Waals surface area contributed by atoms with Gasteiger partial charge in [0.1, 0.15) is 18.4 Å². The fourth-order valence-corrected chi connectivity index (χ4v) is 4.70. The molecule has 0 fully saturated rings. The van der Waals surface area contributed by atoms with Gasteiger partial charge in [-0.3, -0.25) is 0 Å². The van der Waals surface area contributed by atoms with E-state index in [4.69, 9.17) is 30.8 Å². The Balaban J connectivity index is 1.70. The van der Waals surface area contributed by atoms with Crippen LogP contribution in [0.1, 0.15) is 18.1 Å². The number of rotatable bonds is 9. The van der Waals surface area contributed by atoms with Crippen molar-refractivity contribution in [3.05, 3.63) is 58.7 Å². The fourth-order valence-electron chi connectivity index (χ4n) is 4.53. The molecule has 0 aliphatic carbocycles. The highest BCUT2D eigenvalue weighted by Crippen LogP contribution is 2.44. The summed E-state index contributed by atoms with van der Waals surface area (Å²) in [6.07, 6.45) is 1.68. The van der Waals surface area contributed by atoms with Crippen LogP contribution in [0.15, 0.2) is 42.6 Å². The number of anilines is 3. The highest BCUT2D eigenvalue weighted by atomic mass is 35.5. The number of ether oxygens (including phenoxy) is 3. The summed E-state index contributed by atoms with van der Waals surface area (Å²) < 4.78 is 16.4. The van der Waals surface area contributed by atoms with Crippen LogP contribution in [0.2, 0.25) is 5.02 Å². The molecule has 9 heteroatoms. The molecule has 8 nitrogen and oxygen atoms in total. The molecule has 0 radical (unpaired) electrons. The minimum atomic E-state index is -0.232. The van der Waals surface area contributed by atoms with Crippen molar-refractivity contribution in [2.24, 2.45) is 0 Å². The lowest BCUT2D eigenvalue weighted by Crippen LogP contribution is -2.33. The van der Waals surface area contributed by atoms with Gasteiger partial charge in [-0.1, -0.05) is 18.5 Å². The van der Waals surface area contributed by atoms with E-state index in [0.717, 1.165) is 23.4 Å². The van der Waals surface area contributed by atoms with Gasteiger partial charge in [0.25, 0.3) is 0 Å². The van der Waals surface area contributed by atoms with Crippen LogP contribution in [-0.2, 0) is 14.9 Å². The van der Waals surface area contributed by atoms with Crippen molar-refractivity contribution in [2.75, 3.05) is 57.8 Å². The summed E-state index contributed by atoms with van der Waals surface area (Å²) in [6.45, 7) is 4.33. The number of hydrogen-bond acceptors (Lipinski definition) is 8. The van der Waals surface area contributed by atoms with Gasteiger partial charge in [-0.15, -0.1) is 0 Å². The molecule has 182 valence electrons. The summed E-state index contributed by atoms with van der Waals surface area (Å²) in [5, 5.41) is 13.7. The predicted molar refractivity (Wildman–Crippen MR) is 137 cm³/mol. The van der Waals surface area contributed by atoms with Crippen molar-refractivity contribution in [3.63, 3.8) is 0 Å². The van der Waals surface area contributed by atoms with Gasteiger partial charge in [-0.2, -0.15) is 5.26 Å². The van der Waals surface area contributed by atoms with E-state index in [2.05, 4.69) is 34.3 Å². The SMILES string of the molecule is COCCOc1ccc(Cl)cc1Nc1nccc(-c2cc(C#N)c3c(c2)C(C)(COC)CN3C)n1. The Labute approximate surface area is 210 Å². The number of likely N-dealkylation sites (N-methyl/N-ethyl adjacent to an activating group) is 1. The average Bonchev–Trinajstić information content (AvgIpc) is 3.10. The summed E-state index contributed by atoms with van der Waals surface area (Å²) in [6, 6.07) is 13.5. The van der Waals surface area contributed by atoms with E-state index in [9.17, 15) is 5.26 Å². The van der Waals surface area contributed by atoms with Crippen molar-refractivity contribution < 1.29 is 14.2 Å². The van der Waals surface area contributed by atoms with Crippen LogP contribution in [0.25, 0.3) is 11.3 Å². The molecule has 0 bridgehead atoms. The second-order valence-corrected chi connectivity index (χ2v) is 9.19. The summed E-state index contributed by atoms with van der Waals surface area (Å²) in [5.41, 5.74) is 4.58. The molecule has 1 aliphatic heterocycles. The summed E-state index contributed by atoms with van der Waals surface area (Å²) in [4.78, 5) is 11.2. The molecule has 4 rings (SSSR count). The zero-order chi connectivity index (χ0) is 25.0. The fraction of sp³-hybridized carbons (Fsp3) is 0.346. The Morgan fingerprint density at radius 3 is 2.74 bits per heavy atom. The van der Waals surface area contributed by atoms with Crippen LogP contribution < -0.4 is 15.0 Å². The summed E-state index contributed by atoms with van der Waals surface area (Å²) in [7, 11) is 5.32. The minimum absolute atomic E-state index is 0.232. The number of halogens is 1. The second kappa shape index (κ2) is 10.5. The Bertz CT molecular complexity index is 1260. The van der Waals surface area contributed by atoms with Crippen molar-refractivity contribution >= 4 is 28.9 Å². The average molecular weight is 494 g/mol. The first-order chi connectivity index (χ1) is 16.9. The molecule has 2 heterocycles. The van der Waals surface area contributed by atoms with Crippen LogP contribution in [0.4, 0.5) is 17.3 Å². The van der Waals surface area contributed by atoms with Gasteiger partial charge in [-0.05, 0) is 42.0 Å². The summed E-state index contributed by atoms with van der Waals surface area (Å²) >= 11 is 6.22. The number of nitrogens with one attached hydrogen (secondary N) is 1. The molecule has 3 aromatic rings. The third kappa shape index (κ3) is 5.17. The largest absolute Gasteiger partial charge is 0.489 e. The second-order valence-electron chi connectivity index (χ2n) is 8.75. The number of benzene rings is 2. The van der Waals surface area contributed by atoms with E-state index in [1.54, 1.807) is 38.6 Å². The quantitative estimate of drug-likeness (QED) is 0.425. The van der Waals surface area contributed by atoms with Crippen molar-refractivity contribution in [3.8, 4) is 23.1 Å². The number of fused-ring (bicyclic) bond motifs is 1. The van der Waals surface area contributed by atoms with Crippen LogP contribution in [0.3, 0.4) is 0 Å². The molecule has 35 heavy (non-hydrogen) atoms. The molecule has 1 aromatic heterocycles. The maximum Gasteiger partial charge on any atom is 0.227 e. The molecule has 0 saturated heterocycles. The van der Waals surface area contributed by atoms with E-state index in [-0.39, 0.29) is 5.41 Å². The first kappa shape index (κ1) is 24.7. The lowest BCUT2D eigenvalue weighted by Gasteiger charge is -2.24. The Kier molecular flexibility index (Phi) is 7.41. The van der Waals surface area contributed by atoms with Gasteiger partial charge < -0.3 is 24.4 Å². The van der Waals surface area contributed by atoms with Gasteiger partial charge in [0.2, 0.25) is 5.95 Å². The molecule has 0 spiro atoms. The molecule has 0 amide bonds. The van der Waals surface area contributed by atoms with Crippen molar-refractivity contribution in [2.45, 2.75) is 12.3 Å². The van der Waals surface area contributed by atoms with E-state index >= 15 is 0 Å². The molecular weight excluding hydrogens is 466 g/mol. The van der Waals surface area contributed by atoms with E-state index in [1.807, 2.05) is 19.2 Å². The number of hydrogen-bond donors (Lipinski definition) is 1. The van der Waals surface area contributed by atoms with Crippen LogP contribution in [0, 0.1) is 11.3 Å². The normalized spacial score (nSPS) is 16.6. The first-order valence-electron chi connectivity index (χ1n) is 11.2. The Morgan fingerprint density at radius 1 is 1.17 bits per heavy atom. The van der Waals surface area contributed by atoms with Crippen molar-refractivity contribution in [1.82, 2.24) is 9.97 Å². The van der Waals surface area contributed by atoms with Crippen LogP contribution >= 0.6 is 11.6 Å². The third-order valence-corrected chi connectivity index (χ3v) is 6.23. The summed E-state index contributed by atoms with van der Waals surface area (Å²) in [5.74, 6) is 1.00. The number of nitrogens with zero attached hydrogens (tertiary/aromatic N) is 4. The minimum Gasteiger partial charge on any atom is -0.489 e. The van der Waals surface area contributed by atoms with Crippen LogP contribution in [0.5, 0.6) is 5.75 Å². The predicted octanol–water partition coefficient (Wildman–Crippen LogP) is 4.79.